The van der Waals surface area contributed by atoms with Gasteiger partial charge in [-0.25, -0.2) is 14.8 Å². The molecule has 0 atom stereocenters. The van der Waals surface area contributed by atoms with Crippen LogP contribution in [0.15, 0.2) is 70.2 Å². The fourth-order valence-electron chi connectivity index (χ4n) is 3.33. The number of methoxy groups -OCH3 is 1. The Labute approximate surface area is 195 Å². The minimum Gasteiger partial charge on any atom is -0.496 e. The number of nitrogens with one attached hydrogen (secondary N) is 2. The highest BCUT2D eigenvalue weighted by atomic mass is 32.1. The van der Waals surface area contributed by atoms with E-state index in [4.69, 9.17) is 9.47 Å². The van der Waals surface area contributed by atoms with Gasteiger partial charge in [0.1, 0.15) is 27.9 Å². The van der Waals surface area contributed by atoms with E-state index in [1.807, 2.05) is 42.5 Å². The number of thiazole rings is 1. The van der Waals surface area contributed by atoms with Gasteiger partial charge in [0, 0.05) is 11.1 Å². The van der Waals surface area contributed by atoms with Crippen molar-refractivity contribution in [1.82, 2.24) is 10.3 Å². The van der Waals surface area contributed by atoms with Crippen LogP contribution in [0.1, 0.15) is 24.3 Å². The molecule has 9 heteroatoms. The summed E-state index contributed by atoms with van der Waals surface area (Å²) in [5.74, 6) is -0.305. The molecule has 1 aliphatic heterocycles. The molecule has 0 fully saturated rings. The van der Waals surface area contributed by atoms with Crippen molar-refractivity contribution < 1.29 is 19.1 Å². The van der Waals surface area contributed by atoms with Gasteiger partial charge >= 0.3 is 5.97 Å². The van der Waals surface area contributed by atoms with E-state index >= 15 is 0 Å². The maximum Gasteiger partial charge on any atom is 0.343 e. The number of allylic oxidation sites excluding steroid dienone is 1. The average molecular weight is 463 g/mol. The minimum atomic E-state index is -0.581. The van der Waals surface area contributed by atoms with Crippen LogP contribution in [-0.2, 0) is 9.53 Å². The van der Waals surface area contributed by atoms with Gasteiger partial charge < -0.3 is 20.1 Å². The summed E-state index contributed by atoms with van der Waals surface area (Å²) in [5, 5.41) is 8.23. The Morgan fingerprint density at radius 2 is 1.88 bits per heavy atom. The van der Waals surface area contributed by atoms with Gasteiger partial charge in [-0.15, -0.1) is 11.3 Å². The molecule has 168 valence electrons. The molecule has 0 aliphatic carbocycles. The number of amides is 1. The van der Waals surface area contributed by atoms with Crippen LogP contribution in [-0.4, -0.2) is 36.4 Å². The predicted molar refractivity (Wildman–Crippen MR) is 128 cm³/mol. The number of ether oxygens (including phenoxy) is 2. The van der Waals surface area contributed by atoms with E-state index in [9.17, 15) is 9.59 Å². The van der Waals surface area contributed by atoms with Crippen LogP contribution in [0, 0.1) is 0 Å². The van der Waals surface area contributed by atoms with Crippen molar-refractivity contribution in [2.24, 2.45) is 4.99 Å². The summed E-state index contributed by atoms with van der Waals surface area (Å²) in [6.45, 7) is 3.65. The number of rotatable bonds is 5. The van der Waals surface area contributed by atoms with Crippen molar-refractivity contribution in [3.05, 3.63) is 70.9 Å². The SMILES string of the molecule is CCOC(=O)C1=C(C)Nc2ccccc2N=C1NC(=O)c1csc(-c2ccccc2OC)n1. The van der Waals surface area contributed by atoms with Crippen molar-refractivity contribution in [3.63, 3.8) is 0 Å². The van der Waals surface area contributed by atoms with E-state index in [1.54, 1.807) is 32.4 Å². The first-order valence-electron chi connectivity index (χ1n) is 10.2. The smallest absolute Gasteiger partial charge is 0.343 e. The zero-order valence-electron chi connectivity index (χ0n) is 18.3. The number of aromatic nitrogens is 1. The molecule has 0 saturated carbocycles. The molecule has 2 aromatic carbocycles. The molecule has 3 aromatic rings. The van der Waals surface area contributed by atoms with Crippen LogP contribution < -0.4 is 15.4 Å². The van der Waals surface area contributed by atoms with Gasteiger partial charge in [-0.3, -0.25) is 4.79 Å². The number of para-hydroxylation sites is 3. The van der Waals surface area contributed by atoms with Crippen molar-refractivity contribution in [2.75, 3.05) is 19.0 Å². The fraction of sp³-hybridized carbons (Fsp3) is 0.167. The number of hydrogen-bond acceptors (Lipinski definition) is 8. The predicted octanol–water partition coefficient (Wildman–Crippen LogP) is 4.54. The molecule has 0 bridgehead atoms. The van der Waals surface area contributed by atoms with Crippen molar-refractivity contribution in [2.45, 2.75) is 13.8 Å². The molecule has 0 saturated heterocycles. The largest absolute Gasteiger partial charge is 0.496 e. The van der Waals surface area contributed by atoms with Gasteiger partial charge in [-0.05, 0) is 38.1 Å². The normalized spacial score (nSPS) is 12.8. The Kier molecular flexibility index (Phi) is 6.50. The average Bonchev–Trinajstić information content (AvgIpc) is 3.25. The van der Waals surface area contributed by atoms with Crippen LogP contribution in [0.3, 0.4) is 0 Å². The lowest BCUT2D eigenvalue weighted by molar-refractivity contribution is -0.137. The molecular weight excluding hydrogens is 440 g/mol. The quantitative estimate of drug-likeness (QED) is 0.540. The van der Waals surface area contributed by atoms with Crippen molar-refractivity contribution >= 4 is 40.4 Å². The highest BCUT2D eigenvalue weighted by molar-refractivity contribution is 7.13. The molecule has 8 nitrogen and oxygen atoms in total. The summed E-state index contributed by atoms with van der Waals surface area (Å²) in [4.78, 5) is 34.8. The summed E-state index contributed by atoms with van der Waals surface area (Å²) >= 11 is 1.32. The third-order valence-electron chi connectivity index (χ3n) is 4.86. The number of hydrogen-bond donors (Lipinski definition) is 2. The van der Waals surface area contributed by atoms with E-state index < -0.39 is 11.9 Å². The summed E-state index contributed by atoms with van der Waals surface area (Å²) in [5.41, 5.74) is 2.96. The maximum absolute atomic E-state index is 13.1. The van der Waals surface area contributed by atoms with Crippen LogP contribution in [0.4, 0.5) is 11.4 Å². The first-order valence-corrected chi connectivity index (χ1v) is 11.1. The summed E-state index contributed by atoms with van der Waals surface area (Å²) in [6, 6.07) is 14.8. The lowest BCUT2D eigenvalue weighted by Crippen LogP contribution is -2.35. The standard InChI is InChI=1S/C24H22N4O4S/c1-4-32-24(30)20-14(2)25-16-10-6-7-11-17(16)26-21(20)28-22(29)18-13-33-23(27-18)15-9-5-8-12-19(15)31-3/h5-13,25H,4H2,1-3H3,(H,26,28,29). The van der Waals surface area contributed by atoms with Gasteiger partial charge in [-0.2, -0.15) is 0 Å². The van der Waals surface area contributed by atoms with Crippen LogP contribution >= 0.6 is 11.3 Å². The monoisotopic (exact) mass is 462 g/mol. The number of anilines is 1. The topological polar surface area (TPSA) is 102 Å². The molecule has 2 N–H and O–H groups in total. The molecule has 0 spiro atoms. The first kappa shape index (κ1) is 22.2. The number of carbonyl (C=O) groups excluding carboxylic acids is 2. The van der Waals surface area contributed by atoms with E-state index in [2.05, 4.69) is 20.6 Å². The van der Waals surface area contributed by atoms with Gasteiger partial charge in [-0.1, -0.05) is 24.3 Å². The van der Waals surface area contributed by atoms with Gasteiger partial charge in [0.2, 0.25) is 0 Å². The van der Waals surface area contributed by atoms with E-state index in [0.29, 0.717) is 27.8 Å². The van der Waals surface area contributed by atoms with Crippen LogP contribution in [0.2, 0.25) is 0 Å². The molecular formula is C24H22N4O4S. The Balaban J connectivity index is 1.68. The van der Waals surface area contributed by atoms with Gasteiger partial charge in [0.15, 0.2) is 0 Å². The maximum atomic E-state index is 13.1. The van der Waals surface area contributed by atoms with E-state index in [0.717, 1.165) is 5.56 Å². The third-order valence-corrected chi connectivity index (χ3v) is 5.73. The minimum absolute atomic E-state index is 0.0974. The molecule has 2 heterocycles. The summed E-state index contributed by atoms with van der Waals surface area (Å²) < 4.78 is 10.6. The highest BCUT2D eigenvalue weighted by Gasteiger charge is 2.27. The second-order valence-electron chi connectivity index (χ2n) is 7.02. The molecule has 4 rings (SSSR count). The molecule has 33 heavy (non-hydrogen) atoms. The summed E-state index contributed by atoms with van der Waals surface area (Å²) in [7, 11) is 1.59. The van der Waals surface area contributed by atoms with Crippen molar-refractivity contribution in [1.29, 1.82) is 0 Å². The molecule has 1 aromatic heterocycles. The van der Waals surface area contributed by atoms with Crippen LogP contribution in [0.25, 0.3) is 10.6 Å². The van der Waals surface area contributed by atoms with Crippen LogP contribution in [0.5, 0.6) is 5.75 Å². The lowest BCUT2D eigenvalue weighted by Gasteiger charge is -2.12. The molecule has 0 radical (unpaired) electrons. The number of benzene rings is 2. The molecule has 1 amide bonds. The van der Waals surface area contributed by atoms with Gasteiger partial charge in [0.25, 0.3) is 5.91 Å². The Morgan fingerprint density at radius 1 is 1.12 bits per heavy atom. The molecule has 0 unspecified atom stereocenters. The second kappa shape index (κ2) is 9.66. The summed E-state index contributed by atoms with van der Waals surface area (Å²) in [6.07, 6.45) is 0. The Bertz CT molecular complexity index is 1280. The molecule has 1 aliphatic rings. The zero-order chi connectivity index (χ0) is 23.4. The third kappa shape index (κ3) is 4.63. The van der Waals surface area contributed by atoms with E-state index in [-0.39, 0.29) is 23.7 Å². The number of amidine groups is 1. The number of aliphatic imine (C=N–C) groups is 1. The first-order chi connectivity index (χ1) is 16.0. The number of carbonyl (C=O) groups is 2. The highest BCUT2D eigenvalue weighted by Crippen LogP contribution is 2.32. The van der Waals surface area contributed by atoms with Crippen molar-refractivity contribution in [3.8, 4) is 16.3 Å². The zero-order valence-corrected chi connectivity index (χ0v) is 19.2. The fourth-order valence-corrected chi connectivity index (χ4v) is 4.16. The lowest BCUT2D eigenvalue weighted by atomic mass is 10.2. The Hall–Kier alpha value is -3.98. The number of fused-ring (bicyclic) bond motifs is 1. The second-order valence-corrected chi connectivity index (χ2v) is 7.87. The number of esters is 1. The number of nitrogens with zero attached hydrogens (tertiary/aromatic N) is 2. The van der Waals surface area contributed by atoms with Gasteiger partial charge in [0.05, 0.1) is 30.7 Å². The van der Waals surface area contributed by atoms with E-state index in [1.165, 1.54) is 11.3 Å². The Morgan fingerprint density at radius 3 is 2.67 bits per heavy atom.